The number of methoxy groups -OCH3 is 1. The average Bonchev–Trinajstić information content (AvgIpc) is 2.47. The van der Waals surface area contributed by atoms with E-state index in [2.05, 4.69) is 37.1 Å². The summed E-state index contributed by atoms with van der Waals surface area (Å²) in [5.74, 6) is 0.733. The first-order valence-electron chi connectivity index (χ1n) is 7.38. The topological polar surface area (TPSA) is 24.5 Å². The first kappa shape index (κ1) is 15.5. The monoisotopic (exact) mass is 296 g/mol. The maximum absolute atomic E-state index is 6.28. The normalized spacial score (nSPS) is 26.6. The van der Waals surface area contributed by atoms with Gasteiger partial charge in [0.25, 0.3) is 0 Å². The summed E-state index contributed by atoms with van der Waals surface area (Å²) in [7, 11) is 1.65. The lowest BCUT2D eigenvalue weighted by molar-refractivity contribution is 0.276. The summed E-state index contributed by atoms with van der Waals surface area (Å²) in [6.45, 7) is 8.78. The summed E-state index contributed by atoms with van der Waals surface area (Å²) in [6, 6.07) is 6.59. The molecule has 0 aliphatic carbocycles. The second kappa shape index (κ2) is 6.23. The van der Waals surface area contributed by atoms with Gasteiger partial charge in [-0.15, -0.1) is 0 Å². The van der Waals surface area contributed by atoms with Crippen molar-refractivity contribution in [1.82, 2.24) is 5.32 Å². The minimum Gasteiger partial charge on any atom is -0.495 e. The van der Waals surface area contributed by atoms with E-state index in [1.807, 2.05) is 12.1 Å². The lowest BCUT2D eigenvalue weighted by Gasteiger charge is -2.47. The molecule has 0 aromatic heterocycles. The van der Waals surface area contributed by atoms with Gasteiger partial charge in [0.15, 0.2) is 0 Å². The third-order valence-electron chi connectivity index (χ3n) is 4.44. The van der Waals surface area contributed by atoms with Gasteiger partial charge < -0.3 is 15.0 Å². The molecular weight excluding hydrogens is 272 g/mol. The van der Waals surface area contributed by atoms with Crippen LogP contribution in [0, 0.1) is 0 Å². The molecule has 20 heavy (non-hydrogen) atoms. The fourth-order valence-corrected chi connectivity index (χ4v) is 3.02. The molecule has 1 saturated heterocycles. The third-order valence-corrected chi connectivity index (χ3v) is 4.74. The van der Waals surface area contributed by atoms with E-state index < -0.39 is 0 Å². The first-order chi connectivity index (χ1) is 9.53. The van der Waals surface area contributed by atoms with Gasteiger partial charge in [0.2, 0.25) is 0 Å². The van der Waals surface area contributed by atoms with Gasteiger partial charge in [-0.1, -0.05) is 25.4 Å². The number of nitrogens with zero attached hydrogens (tertiary/aromatic N) is 1. The van der Waals surface area contributed by atoms with Gasteiger partial charge in [-0.25, -0.2) is 0 Å². The molecule has 2 unspecified atom stereocenters. The maximum Gasteiger partial charge on any atom is 0.137 e. The number of halogens is 1. The molecule has 0 amide bonds. The van der Waals surface area contributed by atoms with Gasteiger partial charge in [0.05, 0.1) is 12.1 Å². The van der Waals surface area contributed by atoms with E-state index in [1.54, 1.807) is 7.11 Å². The standard InChI is InChI=1S/C16H25ClN2O/c1-5-12-10-18-16(3,6-2)11-19(12)13-7-8-15(20-4)14(17)9-13/h7-9,12,18H,5-6,10-11H2,1-4H3. The van der Waals surface area contributed by atoms with E-state index >= 15 is 0 Å². The predicted octanol–water partition coefficient (Wildman–Crippen LogP) is 3.71. The summed E-state index contributed by atoms with van der Waals surface area (Å²) < 4.78 is 5.24. The molecule has 1 N–H and O–H groups in total. The number of ether oxygens (including phenoxy) is 1. The summed E-state index contributed by atoms with van der Waals surface area (Å²) in [5, 5.41) is 4.36. The molecule has 0 spiro atoms. The Morgan fingerprint density at radius 3 is 2.75 bits per heavy atom. The van der Waals surface area contributed by atoms with Crippen molar-refractivity contribution in [1.29, 1.82) is 0 Å². The van der Waals surface area contributed by atoms with Crippen LogP contribution in [-0.2, 0) is 0 Å². The Morgan fingerprint density at radius 1 is 1.45 bits per heavy atom. The van der Waals surface area contributed by atoms with E-state index in [-0.39, 0.29) is 5.54 Å². The number of nitrogens with one attached hydrogen (secondary N) is 1. The summed E-state index contributed by atoms with van der Waals surface area (Å²) in [5.41, 5.74) is 1.35. The van der Waals surface area contributed by atoms with Gasteiger partial charge in [-0.05, 0) is 38.0 Å². The number of piperazine rings is 1. The number of hydrogen-bond donors (Lipinski definition) is 1. The van der Waals surface area contributed by atoms with Crippen LogP contribution in [0.15, 0.2) is 18.2 Å². The fraction of sp³-hybridized carbons (Fsp3) is 0.625. The van der Waals surface area contributed by atoms with E-state index in [4.69, 9.17) is 16.3 Å². The van der Waals surface area contributed by atoms with Crippen LogP contribution in [-0.4, -0.2) is 31.8 Å². The number of rotatable bonds is 4. The lowest BCUT2D eigenvalue weighted by Crippen LogP contribution is -2.62. The quantitative estimate of drug-likeness (QED) is 0.917. The molecule has 1 heterocycles. The van der Waals surface area contributed by atoms with E-state index in [1.165, 1.54) is 5.69 Å². The van der Waals surface area contributed by atoms with Crippen molar-refractivity contribution in [2.75, 3.05) is 25.1 Å². The lowest BCUT2D eigenvalue weighted by atomic mass is 9.92. The molecule has 0 saturated carbocycles. The van der Waals surface area contributed by atoms with Gasteiger partial charge in [-0.3, -0.25) is 0 Å². The van der Waals surface area contributed by atoms with Crippen molar-refractivity contribution in [3.05, 3.63) is 23.2 Å². The Kier molecular flexibility index (Phi) is 4.82. The van der Waals surface area contributed by atoms with E-state index in [0.717, 1.165) is 31.7 Å². The van der Waals surface area contributed by atoms with Crippen molar-refractivity contribution in [2.45, 2.75) is 45.2 Å². The highest BCUT2D eigenvalue weighted by molar-refractivity contribution is 6.32. The van der Waals surface area contributed by atoms with Crippen LogP contribution in [0.25, 0.3) is 0 Å². The summed E-state index contributed by atoms with van der Waals surface area (Å²) >= 11 is 6.28. The van der Waals surface area contributed by atoms with Crippen molar-refractivity contribution in [3.63, 3.8) is 0 Å². The largest absolute Gasteiger partial charge is 0.495 e. The SMILES string of the molecule is CCC1CNC(C)(CC)CN1c1ccc(OC)c(Cl)c1. The smallest absolute Gasteiger partial charge is 0.137 e. The third kappa shape index (κ3) is 3.04. The highest BCUT2D eigenvalue weighted by atomic mass is 35.5. The zero-order valence-corrected chi connectivity index (χ0v) is 13.6. The highest BCUT2D eigenvalue weighted by Gasteiger charge is 2.34. The zero-order chi connectivity index (χ0) is 14.8. The molecule has 1 aromatic carbocycles. The van der Waals surface area contributed by atoms with Crippen LogP contribution in [0.4, 0.5) is 5.69 Å². The Balaban J connectivity index is 2.29. The van der Waals surface area contributed by atoms with Crippen LogP contribution < -0.4 is 15.0 Å². The van der Waals surface area contributed by atoms with Crippen molar-refractivity contribution in [2.24, 2.45) is 0 Å². The van der Waals surface area contributed by atoms with Gasteiger partial charge >= 0.3 is 0 Å². The van der Waals surface area contributed by atoms with E-state index in [0.29, 0.717) is 11.1 Å². The Hall–Kier alpha value is -0.930. The Morgan fingerprint density at radius 2 is 2.20 bits per heavy atom. The molecule has 4 heteroatoms. The molecule has 112 valence electrons. The molecule has 1 fully saturated rings. The van der Waals surface area contributed by atoms with Crippen LogP contribution in [0.2, 0.25) is 5.02 Å². The minimum absolute atomic E-state index is 0.165. The highest BCUT2D eigenvalue weighted by Crippen LogP contribution is 2.32. The predicted molar refractivity (Wildman–Crippen MR) is 86.1 cm³/mol. The molecule has 0 radical (unpaired) electrons. The Labute approximate surface area is 127 Å². The molecule has 1 aliphatic heterocycles. The van der Waals surface area contributed by atoms with Gasteiger partial charge in [0, 0.05) is 30.4 Å². The van der Waals surface area contributed by atoms with Gasteiger partial charge in [-0.2, -0.15) is 0 Å². The molecule has 1 aromatic rings. The molecule has 3 nitrogen and oxygen atoms in total. The minimum atomic E-state index is 0.165. The average molecular weight is 297 g/mol. The molecule has 0 bridgehead atoms. The maximum atomic E-state index is 6.28. The Bertz CT molecular complexity index is 466. The van der Waals surface area contributed by atoms with Crippen molar-refractivity contribution >= 4 is 17.3 Å². The first-order valence-corrected chi connectivity index (χ1v) is 7.76. The zero-order valence-electron chi connectivity index (χ0n) is 12.9. The molecule has 1 aliphatic rings. The number of anilines is 1. The molecule has 2 atom stereocenters. The van der Waals surface area contributed by atoms with Crippen LogP contribution in [0.1, 0.15) is 33.6 Å². The fourth-order valence-electron chi connectivity index (χ4n) is 2.77. The van der Waals surface area contributed by atoms with Crippen molar-refractivity contribution < 1.29 is 4.74 Å². The molecule has 2 rings (SSSR count). The summed E-state index contributed by atoms with van der Waals surface area (Å²) in [6.07, 6.45) is 2.24. The van der Waals surface area contributed by atoms with Gasteiger partial charge in [0.1, 0.15) is 5.75 Å². The number of hydrogen-bond acceptors (Lipinski definition) is 3. The van der Waals surface area contributed by atoms with Crippen molar-refractivity contribution in [3.8, 4) is 5.75 Å². The summed E-state index contributed by atoms with van der Waals surface area (Å²) in [4.78, 5) is 2.48. The second-order valence-electron chi connectivity index (χ2n) is 5.80. The van der Waals surface area contributed by atoms with E-state index in [9.17, 15) is 0 Å². The van der Waals surface area contributed by atoms with Crippen LogP contribution >= 0.6 is 11.6 Å². The van der Waals surface area contributed by atoms with Crippen LogP contribution in [0.5, 0.6) is 5.75 Å². The van der Waals surface area contributed by atoms with Crippen LogP contribution in [0.3, 0.4) is 0 Å². The molecular formula is C16H25ClN2O. The number of benzene rings is 1. The second-order valence-corrected chi connectivity index (χ2v) is 6.21.